The van der Waals surface area contributed by atoms with E-state index in [1.165, 1.54) is 0 Å². The van der Waals surface area contributed by atoms with Gasteiger partial charge in [-0.25, -0.2) is 0 Å². The summed E-state index contributed by atoms with van der Waals surface area (Å²) in [5, 5.41) is 15.6. The average Bonchev–Trinajstić information content (AvgIpc) is 3.56. The molecule has 0 aliphatic heterocycles. The van der Waals surface area contributed by atoms with Gasteiger partial charge in [-0.15, -0.1) is 10.2 Å². The molecule has 30 heavy (non-hydrogen) atoms. The lowest BCUT2D eigenvalue weighted by Gasteiger charge is -1.86. The van der Waals surface area contributed by atoms with E-state index < -0.39 is 0 Å². The van der Waals surface area contributed by atoms with Gasteiger partial charge in [0.2, 0.25) is 0 Å². The monoisotopic (exact) mass is 430 g/mol. The Kier molecular flexibility index (Phi) is 64.7. The van der Waals surface area contributed by atoms with Gasteiger partial charge >= 0.3 is 0 Å². The zero-order valence-corrected chi connectivity index (χ0v) is 23.7. The molecular weight excluding hydrogens is 372 g/mol. The van der Waals surface area contributed by atoms with Gasteiger partial charge in [-0.1, -0.05) is 107 Å². The Morgan fingerprint density at radius 2 is 0.733 bits per heavy atom. The molecule has 0 saturated heterocycles. The Balaban J connectivity index is -0.0000000643. The van der Waals surface area contributed by atoms with Crippen molar-refractivity contribution in [3.8, 4) is 0 Å². The molecule has 0 amide bonds. The highest BCUT2D eigenvalue weighted by molar-refractivity contribution is 4.90. The number of aryl methyl sites for hydroxylation is 4. The van der Waals surface area contributed by atoms with E-state index >= 15 is 0 Å². The lowest BCUT2D eigenvalue weighted by atomic mass is 10.4. The third-order valence-corrected chi connectivity index (χ3v) is 2.54. The first-order chi connectivity index (χ1) is 14.7. The third-order valence-electron chi connectivity index (χ3n) is 2.54. The van der Waals surface area contributed by atoms with Gasteiger partial charge in [-0.3, -0.25) is 9.36 Å². The second-order valence-electron chi connectivity index (χ2n) is 3.84. The summed E-state index contributed by atoms with van der Waals surface area (Å²) in [6, 6.07) is 0. The Hall–Kier alpha value is -1.72. The second-order valence-corrected chi connectivity index (χ2v) is 3.84. The van der Waals surface area contributed by atoms with Crippen LogP contribution in [0.5, 0.6) is 0 Å². The van der Waals surface area contributed by atoms with Gasteiger partial charge in [0.05, 0.1) is 11.4 Å². The molecule has 0 N–H and O–H groups in total. The third kappa shape index (κ3) is 28.5. The predicted octanol–water partition coefficient (Wildman–Crippen LogP) is 7.88. The van der Waals surface area contributed by atoms with Crippen molar-refractivity contribution >= 4 is 0 Å². The molecule has 0 spiro atoms. The maximum Gasteiger partial charge on any atom is 0.0824 e. The lowest BCUT2D eigenvalue weighted by Crippen LogP contribution is -1.93. The van der Waals surface area contributed by atoms with Gasteiger partial charge < -0.3 is 0 Å². The van der Waals surface area contributed by atoms with E-state index in [1.807, 2.05) is 119 Å². The minimum absolute atomic E-state index is 0.910. The van der Waals surface area contributed by atoms with Crippen molar-refractivity contribution in [2.24, 2.45) is 0 Å². The molecule has 0 saturated carbocycles. The van der Waals surface area contributed by atoms with Crippen LogP contribution in [-0.2, 0) is 25.9 Å². The predicted molar refractivity (Wildman–Crippen MR) is 138 cm³/mol. The van der Waals surface area contributed by atoms with Crippen LogP contribution in [0.3, 0.4) is 0 Å². The highest BCUT2D eigenvalue weighted by atomic mass is 15.4. The number of hydrogen-bond acceptors (Lipinski definition) is 4. The van der Waals surface area contributed by atoms with Gasteiger partial charge in [0, 0.05) is 25.5 Å². The summed E-state index contributed by atoms with van der Waals surface area (Å²) in [5.74, 6) is 0. The maximum absolute atomic E-state index is 3.92. The molecule has 0 atom stereocenters. The van der Waals surface area contributed by atoms with Crippen molar-refractivity contribution < 1.29 is 0 Å². The summed E-state index contributed by atoms with van der Waals surface area (Å²) < 4.78 is 3.66. The van der Waals surface area contributed by atoms with E-state index in [1.54, 1.807) is 0 Å². The lowest BCUT2D eigenvalue weighted by molar-refractivity contribution is 0.626. The molecule has 0 unspecified atom stereocenters. The fourth-order valence-corrected chi connectivity index (χ4v) is 1.31. The number of aromatic nitrogens is 6. The molecule has 2 aromatic rings. The molecule has 0 aliphatic carbocycles. The average molecular weight is 431 g/mol. The Morgan fingerprint density at radius 1 is 0.500 bits per heavy atom. The van der Waals surface area contributed by atoms with Crippen LogP contribution in [0.25, 0.3) is 0 Å². The largest absolute Gasteiger partial charge is 0.253 e. The Morgan fingerprint density at radius 3 is 0.833 bits per heavy atom. The fourth-order valence-electron chi connectivity index (χ4n) is 1.31. The fraction of sp³-hybridized carbons (Fsp3) is 0.833. The van der Waals surface area contributed by atoms with Crippen molar-refractivity contribution in [2.75, 3.05) is 0 Å². The maximum atomic E-state index is 3.92. The molecule has 0 aliphatic rings. The van der Waals surface area contributed by atoms with Gasteiger partial charge in [-0.2, -0.15) is 0 Å². The van der Waals surface area contributed by atoms with Crippen molar-refractivity contribution in [1.29, 1.82) is 0 Å². The molecule has 0 aromatic carbocycles. The summed E-state index contributed by atoms with van der Waals surface area (Å²) >= 11 is 0. The zero-order valence-electron chi connectivity index (χ0n) is 23.7. The van der Waals surface area contributed by atoms with Gasteiger partial charge in [0.15, 0.2) is 0 Å². The van der Waals surface area contributed by atoms with Gasteiger partial charge in [0.25, 0.3) is 0 Å². The van der Waals surface area contributed by atoms with Gasteiger partial charge in [-0.05, 0) is 26.7 Å². The summed E-state index contributed by atoms with van der Waals surface area (Å²) in [6.45, 7) is 34.1. The van der Waals surface area contributed by atoms with Gasteiger partial charge in [0.1, 0.15) is 0 Å². The topological polar surface area (TPSA) is 61.4 Å². The summed E-state index contributed by atoms with van der Waals surface area (Å²) in [4.78, 5) is 0. The van der Waals surface area contributed by atoms with E-state index in [0.717, 1.165) is 37.3 Å². The second kappa shape index (κ2) is 45.8. The summed E-state index contributed by atoms with van der Waals surface area (Å²) in [6.07, 6.45) is 5.89. The molecule has 2 rings (SSSR count). The molecule has 6 nitrogen and oxygen atoms in total. The van der Waals surface area contributed by atoms with Crippen LogP contribution >= 0.6 is 0 Å². The summed E-state index contributed by atoms with van der Waals surface area (Å²) in [5.41, 5.74) is 2.13. The molecule has 0 bridgehead atoms. The van der Waals surface area contributed by atoms with E-state index in [9.17, 15) is 0 Å². The molecule has 2 aromatic heterocycles. The van der Waals surface area contributed by atoms with E-state index in [0.29, 0.717) is 0 Å². The van der Waals surface area contributed by atoms with Crippen LogP contribution in [0, 0.1) is 0 Å². The molecule has 0 radical (unpaired) electrons. The van der Waals surface area contributed by atoms with Crippen molar-refractivity contribution in [1.82, 2.24) is 30.0 Å². The van der Waals surface area contributed by atoms with Crippen LogP contribution in [0.15, 0.2) is 12.4 Å². The molecule has 0 fully saturated rings. The minimum Gasteiger partial charge on any atom is -0.253 e. The minimum atomic E-state index is 0.910. The molecule has 6 heteroatoms. The van der Waals surface area contributed by atoms with Crippen LogP contribution < -0.4 is 0 Å². The Bertz CT molecular complexity index is 371. The highest BCUT2D eigenvalue weighted by Gasteiger charge is 1.93. The first-order valence-corrected chi connectivity index (χ1v) is 12.5. The van der Waals surface area contributed by atoms with Crippen LogP contribution in [-0.4, -0.2) is 30.0 Å². The normalized spacial score (nSPS) is 7.20. The number of rotatable bonds is 4. The summed E-state index contributed by atoms with van der Waals surface area (Å²) in [7, 11) is 0. The Labute approximate surface area is 190 Å². The van der Waals surface area contributed by atoms with Crippen molar-refractivity contribution in [2.45, 2.75) is 137 Å². The standard InChI is InChI=1S/2C6H11N3.6C2H6/c2*1-3-6-5-9(4-2)8-7-6;6*1-2/h2*5H,3-4H2,1-2H3;6*1-2H3. The molecular formula is C24H58N6. The zero-order chi connectivity index (χ0) is 25.4. The van der Waals surface area contributed by atoms with E-state index in [4.69, 9.17) is 0 Å². The number of nitrogens with zero attached hydrogens (tertiary/aromatic N) is 6. The van der Waals surface area contributed by atoms with Crippen LogP contribution in [0.2, 0.25) is 0 Å². The highest BCUT2D eigenvalue weighted by Crippen LogP contribution is 1.92. The van der Waals surface area contributed by atoms with Crippen molar-refractivity contribution in [3.63, 3.8) is 0 Å². The van der Waals surface area contributed by atoms with Crippen LogP contribution in [0.1, 0.15) is 122 Å². The first-order valence-electron chi connectivity index (χ1n) is 12.5. The van der Waals surface area contributed by atoms with Crippen LogP contribution in [0.4, 0.5) is 0 Å². The quantitative estimate of drug-likeness (QED) is 0.495. The van der Waals surface area contributed by atoms with E-state index in [-0.39, 0.29) is 0 Å². The molecule has 184 valence electrons. The first kappa shape index (κ1) is 42.4. The van der Waals surface area contributed by atoms with E-state index in [2.05, 4.69) is 34.5 Å². The van der Waals surface area contributed by atoms with Crippen molar-refractivity contribution in [3.05, 3.63) is 23.8 Å². The molecule has 2 heterocycles. The smallest absolute Gasteiger partial charge is 0.0824 e. The number of hydrogen-bond donors (Lipinski definition) is 0. The SMILES string of the molecule is CC.CC.CC.CC.CC.CC.CCc1cn(CC)nn1.CCc1cn(CC)nn1.